The van der Waals surface area contributed by atoms with E-state index < -0.39 is 5.41 Å². The number of urea groups is 1. The fourth-order valence-corrected chi connectivity index (χ4v) is 3.48. The van der Waals surface area contributed by atoms with Gasteiger partial charge in [-0.1, -0.05) is 44.9 Å². The lowest BCUT2D eigenvalue weighted by Crippen LogP contribution is -2.67. The minimum atomic E-state index is -0.688. The lowest BCUT2D eigenvalue weighted by molar-refractivity contribution is -0.128. The summed E-state index contributed by atoms with van der Waals surface area (Å²) >= 11 is 0. The van der Waals surface area contributed by atoms with Crippen molar-refractivity contribution < 1.29 is 9.59 Å². The molecule has 1 N–H and O–H groups in total. The van der Waals surface area contributed by atoms with Crippen LogP contribution in [0.4, 0.5) is 10.5 Å². The first-order valence-electron chi connectivity index (χ1n) is 8.60. The zero-order chi connectivity index (χ0) is 17.2. The topological polar surface area (TPSA) is 65.0 Å². The van der Waals surface area contributed by atoms with Crippen molar-refractivity contribution in [1.82, 2.24) is 10.2 Å². The van der Waals surface area contributed by atoms with Gasteiger partial charge in [-0.25, -0.2) is 9.79 Å². The first kappa shape index (κ1) is 16.5. The summed E-state index contributed by atoms with van der Waals surface area (Å²) in [5, 5.41) is 2.54. The number of hydrogen-bond acceptors (Lipinski definition) is 4. The van der Waals surface area contributed by atoms with Gasteiger partial charge in [-0.15, -0.1) is 0 Å². The molecule has 0 saturated carbocycles. The molecular weight excluding hydrogens is 304 g/mol. The maximum Gasteiger partial charge on any atom is 0.331 e. The number of rotatable bonds is 5. The Kier molecular flexibility index (Phi) is 4.55. The highest BCUT2D eigenvalue weighted by atomic mass is 16.2. The van der Waals surface area contributed by atoms with E-state index in [4.69, 9.17) is 0 Å². The third-order valence-corrected chi connectivity index (χ3v) is 4.97. The minimum Gasteiger partial charge on any atom is -0.334 e. The van der Waals surface area contributed by atoms with Gasteiger partial charge in [0.25, 0.3) is 0 Å². The molecule has 0 aromatic heterocycles. The molecule has 1 saturated heterocycles. The van der Waals surface area contributed by atoms with E-state index in [0.29, 0.717) is 25.6 Å². The predicted molar refractivity (Wildman–Crippen MR) is 93.7 cm³/mol. The Morgan fingerprint density at radius 2 is 1.96 bits per heavy atom. The van der Waals surface area contributed by atoms with Crippen molar-refractivity contribution >= 4 is 23.5 Å². The van der Waals surface area contributed by atoms with Crippen molar-refractivity contribution in [3.8, 4) is 0 Å². The van der Waals surface area contributed by atoms with Crippen molar-refractivity contribution in [2.24, 2.45) is 10.4 Å². The third-order valence-electron chi connectivity index (χ3n) is 4.97. The quantitative estimate of drug-likeness (QED) is 0.904. The monoisotopic (exact) mass is 328 g/mol. The van der Waals surface area contributed by atoms with Crippen LogP contribution in [0.3, 0.4) is 0 Å². The van der Waals surface area contributed by atoms with Crippen LogP contribution >= 0.6 is 0 Å². The Hall–Kier alpha value is -2.37. The summed E-state index contributed by atoms with van der Waals surface area (Å²) in [5.74, 6) is 0.436. The SMILES string of the molecule is CCCCC1(CC)C(=O)NC(=O)N2CN(c3ccccc3)CN=C21. The Balaban J connectivity index is 1.94. The zero-order valence-electron chi connectivity index (χ0n) is 14.3. The molecule has 0 spiro atoms. The number of aliphatic imine (C=N–C) groups is 1. The number of hydrogen-bond donors (Lipinski definition) is 1. The second-order valence-electron chi connectivity index (χ2n) is 6.37. The Morgan fingerprint density at radius 1 is 1.21 bits per heavy atom. The number of imide groups is 1. The number of nitrogens with zero attached hydrogens (tertiary/aromatic N) is 3. The second-order valence-corrected chi connectivity index (χ2v) is 6.37. The van der Waals surface area contributed by atoms with Gasteiger partial charge in [0.15, 0.2) is 0 Å². The van der Waals surface area contributed by atoms with Gasteiger partial charge in [0.05, 0.1) is 0 Å². The summed E-state index contributed by atoms with van der Waals surface area (Å²) in [6.45, 7) is 4.97. The number of fused-ring (bicyclic) bond motifs is 1. The molecular formula is C18H24N4O2. The van der Waals surface area contributed by atoms with E-state index in [1.54, 1.807) is 4.90 Å². The smallest absolute Gasteiger partial charge is 0.331 e. The Bertz CT molecular complexity index is 658. The number of anilines is 1. The van der Waals surface area contributed by atoms with Crippen LogP contribution in [-0.2, 0) is 4.79 Å². The standard InChI is InChI=1S/C18H24N4O2/c1-3-5-11-18(4-2)15-19-12-21(14-9-7-6-8-10-14)13-22(15)17(24)20-16(18)23/h6-10H,3-5,11-13H2,1-2H3,(H,20,23,24). The lowest BCUT2D eigenvalue weighted by atomic mass is 9.76. The lowest BCUT2D eigenvalue weighted by Gasteiger charge is -2.46. The van der Waals surface area contributed by atoms with E-state index in [1.807, 2.05) is 42.2 Å². The molecule has 3 rings (SSSR count). The largest absolute Gasteiger partial charge is 0.334 e. The molecule has 0 bridgehead atoms. The van der Waals surface area contributed by atoms with Gasteiger partial charge in [-0.2, -0.15) is 0 Å². The number of amides is 3. The summed E-state index contributed by atoms with van der Waals surface area (Å²) < 4.78 is 0. The number of carbonyl (C=O) groups excluding carboxylic acids is 2. The van der Waals surface area contributed by atoms with E-state index in [-0.39, 0.29) is 11.9 Å². The average Bonchev–Trinajstić information content (AvgIpc) is 2.62. The molecule has 6 heteroatoms. The average molecular weight is 328 g/mol. The molecule has 2 aliphatic heterocycles. The summed E-state index contributed by atoms with van der Waals surface area (Å²) in [6, 6.07) is 9.51. The number of amidine groups is 1. The molecule has 1 unspecified atom stereocenters. The van der Waals surface area contributed by atoms with Gasteiger partial charge in [0.1, 0.15) is 24.6 Å². The maximum atomic E-state index is 12.6. The number of benzene rings is 1. The molecule has 1 aromatic carbocycles. The van der Waals surface area contributed by atoms with Gasteiger partial charge >= 0.3 is 6.03 Å². The molecule has 128 valence electrons. The third kappa shape index (κ3) is 2.66. The Labute approximate surface area is 142 Å². The molecule has 2 aliphatic rings. The van der Waals surface area contributed by atoms with E-state index in [1.165, 1.54) is 0 Å². The van der Waals surface area contributed by atoms with Gasteiger partial charge in [0.2, 0.25) is 5.91 Å². The molecule has 3 amide bonds. The van der Waals surface area contributed by atoms with Crippen molar-refractivity contribution in [3.63, 3.8) is 0 Å². The molecule has 6 nitrogen and oxygen atoms in total. The normalized spacial score (nSPS) is 23.7. The molecule has 2 heterocycles. The highest BCUT2D eigenvalue weighted by Gasteiger charge is 2.51. The molecule has 1 fully saturated rings. The summed E-state index contributed by atoms with van der Waals surface area (Å²) in [5.41, 5.74) is 0.327. The number of nitrogens with one attached hydrogen (secondary N) is 1. The molecule has 24 heavy (non-hydrogen) atoms. The van der Waals surface area contributed by atoms with E-state index in [2.05, 4.69) is 17.2 Å². The van der Waals surface area contributed by atoms with Crippen LogP contribution in [0, 0.1) is 5.41 Å². The van der Waals surface area contributed by atoms with Gasteiger partial charge in [-0.05, 0) is 25.0 Å². The number of unbranched alkanes of at least 4 members (excludes halogenated alkanes) is 1. The predicted octanol–water partition coefficient (Wildman–Crippen LogP) is 2.96. The summed E-state index contributed by atoms with van der Waals surface area (Å²) in [4.78, 5) is 33.3. The number of para-hydroxylation sites is 1. The minimum absolute atomic E-state index is 0.202. The van der Waals surface area contributed by atoms with Crippen molar-refractivity contribution in [1.29, 1.82) is 0 Å². The summed E-state index contributed by atoms with van der Waals surface area (Å²) in [7, 11) is 0. The van der Waals surface area contributed by atoms with Crippen LogP contribution in [0.5, 0.6) is 0 Å². The van der Waals surface area contributed by atoms with Crippen LogP contribution in [0.2, 0.25) is 0 Å². The second kappa shape index (κ2) is 6.63. The fraction of sp³-hybridized carbons (Fsp3) is 0.500. The first-order chi connectivity index (χ1) is 11.6. The Morgan fingerprint density at radius 3 is 2.62 bits per heavy atom. The number of carbonyl (C=O) groups is 2. The van der Waals surface area contributed by atoms with Crippen LogP contribution in [-0.4, -0.2) is 36.0 Å². The van der Waals surface area contributed by atoms with Crippen molar-refractivity contribution in [2.45, 2.75) is 39.5 Å². The van der Waals surface area contributed by atoms with Crippen LogP contribution in [0.1, 0.15) is 39.5 Å². The van der Waals surface area contributed by atoms with Crippen LogP contribution < -0.4 is 10.2 Å². The highest BCUT2D eigenvalue weighted by molar-refractivity contribution is 6.21. The highest BCUT2D eigenvalue weighted by Crippen LogP contribution is 2.37. The van der Waals surface area contributed by atoms with Gasteiger partial charge < -0.3 is 4.90 Å². The molecule has 1 aromatic rings. The van der Waals surface area contributed by atoms with Crippen molar-refractivity contribution in [2.75, 3.05) is 18.2 Å². The van der Waals surface area contributed by atoms with E-state index >= 15 is 0 Å². The first-order valence-corrected chi connectivity index (χ1v) is 8.60. The summed E-state index contributed by atoms with van der Waals surface area (Å²) in [6.07, 6.45) is 3.31. The van der Waals surface area contributed by atoms with Crippen molar-refractivity contribution in [3.05, 3.63) is 30.3 Å². The van der Waals surface area contributed by atoms with Crippen LogP contribution in [0.15, 0.2) is 35.3 Å². The van der Waals surface area contributed by atoms with Gasteiger partial charge in [0, 0.05) is 5.69 Å². The van der Waals surface area contributed by atoms with E-state index in [0.717, 1.165) is 24.9 Å². The maximum absolute atomic E-state index is 12.6. The van der Waals surface area contributed by atoms with E-state index in [9.17, 15) is 9.59 Å². The fourth-order valence-electron chi connectivity index (χ4n) is 3.48. The zero-order valence-corrected chi connectivity index (χ0v) is 14.3. The molecule has 1 atom stereocenters. The molecule has 0 aliphatic carbocycles. The van der Waals surface area contributed by atoms with Gasteiger partial charge in [-0.3, -0.25) is 15.0 Å². The molecule has 0 radical (unpaired) electrons. The van der Waals surface area contributed by atoms with Crippen LogP contribution in [0.25, 0.3) is 0 Å².